The lowest BCUT2D eigenvalue weighted by Crippen LogP contribution is -2.24. The van der Waals surface area contributed by atoms with Crippen LogP contribution in [0.1, 0.15) is 43.3 Å². The number of hydrogen-bond donors (Lipinski definition) is 1. The molecular weight excluding hydrogens is 272 g/mol. The van der Waals surface area contributed by atoms with Crippen LogP contribution in [-0.2, 0) is 12.8 Å². The van der Waals surface area contributed by atoms with E-state index >= 15 is 0 Å². The Morgan fingerprint density at radius 1 is 1.25 bits per heavy atom. The molecule has 0 radical (unpaired) electrons. The van der Waals surface area contributed by atoms with Crippen LogP contribution in [0.2, 0.25) is 5.22 Å². The van der Waals surface area contributed by atoms with Crippen molar-refractivity contribution in [3.05, 3.63) is 52.7 Å². The number of furan rings is 1. The van der Waals surface area contributed by atoms with Crippen LogP contribution in [0, 0.1) is 0 Å². The van der Waals surface area contributed by atoms with Crippen molar-refractivity contribution in [2.24, 2.45) is 0 Å². The third kappa shape index (κ3) is 4.09. The number of hydrogen-bond acceptors (Lipinski definition) is 3. The van der Waals surface area contributed by atoms with E-state index in [1.54, 1.807) is 6.07 Å². The van der Waals surface area contributed by atoms with Crippen molar-refractivity contribution < 1.29 is 4.42 Å². The van der Waals surface area contributed by atoms with E-state index in [1.165, 1.54) is 5.56 Å². The van der Waals surface area contributed by atoms with Crippen LogP contribution in [0.4, 0.5) is 0 Å². The number of rotatable bonds is 7. The van der Waals surface area contributed by atoms with Crippen molar-refractivity contribution in [2.45, 2.75) is 39.2 Å². The summed E-state index contributed by atoms with van der Waals surface area (Å²) in [4.78, 5) is 4.52. The van der Waals surface area contributed by atoms with Crippen LogP contribution in [0.3, 0.4) is 0 Å². The molecule has 0 amide bonds. The van der Waals surface area contributed by atoms with Gasteiger partial charge >= 0.3 is 0 Å². The van der Waals surface area contributed by atoms with E-state index in [0.717, 1.165) is 37.3 Å². The summed E-state index contributed by atoms with van der Waals surface area (Å²) in [5.74, 6) is 0.866. The first-order valence-corrected chi connectivity index (χ1v) is 7.53. The highest BCUT2D eigenvalue weighted by molar-refractivity contribution is 6.28. The fraction of sp³-hybridized carbons (Fsp3) is 0.438. The smallest absolute Gasteiger partial charge is 0.193 e. The van der Waals surface area contributed by atoms with Crippen LogP contribution in [0.15, 0.2) is 34.9 Å². The first kappa shape index (κ1) is 15.1. The molecule has 1 unspecified atom stereocenters. The first-order valence-electron chi connectivity index (χ1n) is 7.15. The summed E-state index contributed by atoms with van der Waals surface area (Å²) in [5, 5.41) is 3.91. The van der Waals surface area contributed by atoms with Gasteiger partial charge in [-0.15, -0.1) is 0 Å². The fourth-order valence-electron chi connectivity index (χ4n) is 2.10. The highest BCUT2D eigenvalue weighted by Gasteiger charge is 2.16. The number of nitrogens with one attached hydrogen (secondary N) is 1. The minimum Gasteiger partial charge on any atom is -0.448 e. The SMILES string of the molecule is CCCNC(Cc1ccc(CC)cn1)c1ccc(Cl)o1. The molecule has 3 nitrogen and oxygen atoms in total. The van der Waals surface area contributed by atoms with Crippen LogP contribution in [0.25, 0.3) is 0 Å². The lowest BCUT2D eigenvalue weighted by atomic mass is 10.1. The van der Waals surface area contributed by atoms with Crippen LogP contribution < -0.4 is 5.32 Å². The van der Waals surface area contributed by atoms with Gasteiger partial charge in [0.15, 0.2) is 5.22 Å². The standard InChI is InChI=1S/C16H21ClN2O/c1-3-9-18-14(15-7-8-16(17)20-15)10-13-6-5-12(4-2)11-19-13/h5-8,11,14,18H,3-4,9-10H2,1-2H3. The molecular formula is C16H21ClN2O. The Labute approximate surface area is 125 Å². The summed E-state index contributed by atoms with van der Waals surface area (Å²) < 4.78 is 5.53. The number of nitrogens with zero attached hydrogens (tertiary/aromatic N) is 1. The molecule has 0 fully saturated rings. The molecule has 20 heavy (non-hydrogen) atoms. The number of aromatic nitrogens is 1. The van der Waals surface area contributed by atoms with Gasteiger partial charge in [-0.05, 0) is 54.7 Å². The monoisotopic (exact) mass is 292 g/mol. The number of pyridine rings is 1. The maximum absolute atomic E-state index is 5.87. The van der Waals surface area contributed by atoms with Crippen LogP contribution >= 0.6 is 11.6 Å². The average molecular weight is 293 g/mol. The Balaban J connectivity index is 2.10. The zero-order valence-corrected chi connectivity index (χ0v) is 12.8. The van der Waals surface area contributed by atoms with Gasteiger partial charge in [-0.25, -0.2) is 0 Å². The maximum atomic E-state index is 5.87. The molecule has 2 rings (SSSR count). The summed E-state index contributed by atoms with van der Waals surface area (Å²) in [5.41, 5.74) is 2.32. The van der Waals surface area contributed by atoms with Crippen molar-refractivity contribution in [3.63, 3.8) is 0 Å². The third-order valence-electron chi connectivity index (χ3n) is 3.29. The van der Waals surface area contributed by atoms with Crippen molar-refractivity contribution in [1.82, 2.24) is 10.3 Å². The second-order valence-electron chi connectivity index (χ2n) is 4.86. The quantitative estimate of drug-likeness (QED) is 0.832. The van der Waals surface area contributed by atoms with Crippen molar-refractivity contribution in [1.29, 1.82) is 0 Å². The third-order valence-corrected chi connectivity index (χ3v) is 3.49. The van der Waals surface area contributed by atoms with Gasteiger partial charge < -0.3 is 9.73 Å². The molecule has 0 bridgehead atoms. The predicted octanol–water partition coefficient (Wildman–Crippen LogP) is 4.17. The lowest BCUT2D eigenvalue weighted by molar-refractivity contribution is 0.409. The van der Waals surface area contributed by atoms with Crippen molar-refractivity contribution in [3.8, 4) is 0 Å². The second kappa shape index (κ2) is 7.46. The molecule has 0 aliphatic heterocycles. The van der Waals surface area contributed by atoms with Gasteiger partial charge in [0, 0.05) is 18.3 Å². The largest absolute Gasteiger partial charge is 0.448 e. The molecule has 2 aromatic rings. The van der Waals surface area contributed by atoms with Crippen molar-refractivity contribution >= 4 is 11.6 Å². The number of aryl methyl sites for hydroxylation is 1. The molecule has 2 heterocycles. The van der Waals surface area contributed by atoms with Crippen molar-refractivity contribution in [2.75, 3.05) is 6.54 Å². The Morgan fingerprint density at radius 2 is 2.10 bits per heavy atom. The molecule has 2 aromatic heterocycles. The normalized spacial score (nSPS) is 12.6. The van der Waals surface area contributed by atoms with Crippen LogP contribution in [0.5, 0.6) is 0 Å². The Hall–Kier alpha value is -1.32. The van der Waals surface area contributed by atoms with Gasteiger partial charge in [-0.1, -0.05) is 19.9 Å². The minimum atomic E-state index is 0.113. The van der Waals surface area contributed by atoms with E-state index in [-0.39, 0.29) is 6.04 Å². The summed E-state index contributed by atoms with van der Waals surface area (Å²) in [6.07, 6.45) is 4.83. The molecule has 1 atom stereocenters. The van der Waals surface area contributed by atoms with E-state index in [0.29, 0.717) is 5.22 Å². The Morgan fingerprint density at radius 3 is 2.65 bits per heavy atom. The molecule has 0 spiro atoms. The average Bonchev–Trinajstić information content (AvgIpc) is 2.90. The lowest BCUT2D eigenvalue weighted by Gasteiger charge is -2.16. The Bertz CT molecular complexity index is 522. The Kier molecular flexibility index (Phi) is 5.62. The predicted molar refractivity (Wildman–Crippen MR) is 82.1 cm³/mol. The summed E-state index contributed by atoms with van der Waals surface area (Å²) >= 11 is 5.87. The van der Waals surface area contributed by atoms with E-state index in [2.05, 4.69) is 36.3 Å². The molecule has 108 valence electrons. The molecule has 0 aromatic carbocycles. The van der Waals surface area contributed by atoms with Gasteiger partial charge in [0.05, 0.1) is 6.04 Å². The second-order valence-corrected chi connectivity index (χ2v) is 5.24. The molecule has 0 aliphatic rings. The van der Waals surface area contributed by atoms with Gasteiger partial charge in [-0.2, -0.15) is 0 Å². The molecule has 4 heteroatoms. The first-order chi connectivity index (χ1) is 9.72. The van der Waals surface area contributed by atoms with Crippen LogP contribution in [-0.4, -0.2) is 11.5 Å². The molecule has 0 saturated carbocycles. The summed E-state index contributed by atoms with van der Waals surface area (Å²) in [6, 6.07) is 8.04. The highest BCUT2D eigenvalue weighted by atomic mass is 35.5. The molecule has 0 aliphatic carbocycles. The summed E-state index contributed by atoms with van der Waals surface area (Å²) in [6.45, 7) is 5.22. The van der Waals surface area contributed by atoms with Gasteiger partial charge in [0.1, 0.15) is 5.76 Å². The maximum Gasteiger partial charge on any atom is 0.193 e. The van der Waals surface area contributed by atoms with Gasteiger partial charge in [0.25, 0.3) is 0 Å². The van der Waals surface area contributed by atoms with E-state index in [4.69, 9.17) is 16.0 Å². The van der Waals surface area contributed by atoms with E-state index < -0.39 is 0 Å². The summed E-state index contributed by atoms with van der Waals surface area (Å²) in [7, 11) is 0. The van der Waals surface area contributed by atoms with Gasteiger partial charge in [0.2, 0.25) is 0 Å². The zero-order valence-electron chi connectivity index (χ0n) is 12.0. The van der Waals surface area contributed by atoms with E-state index in [9.17, 15) is 0 Å². The number of halogens is 1. The fourth-order valence-corrected chi connectivity index (χ4v) is 2.25. The molecule has 0 saturated heterocycles. The van der Waals surface area contributed by atoms with Gasteiger partial charge in [-0.3, -0.25) is 4.98 Å². The highest BCUT2D eigenvalue weighted by Crippen LogP contribution is 2.23. The zero-order chi connectivity index (χ0) is 14.4. The molecule has 1 N–H and O–H groups in total. The van der Waals surface area contributed by atoms with E-state index in [1.807, 2.05) is 12.3 Å². The minimum absolute atomic E-state index is 0.113. The topological polar surface area (TPSA) is 38.1 Å².